The van der Waals surface area contributed by atoms with Crippen LogP contribution >= 0.6 is 11.8 Å². The van der Waals surface area contributed by atoms with Gasteiger partial charge in [-0.15, -0.1) is 15.3 Å². The third kappa shape index (κ3) is 2.57. The lowest BCUT2D eigenvalue weighted by atomic mass is 10.4. The largest absolute Gasteiger partial charge is 0.459 e. The van der Waals surface area contributed by atoms with Crippen molar-refractivity contribution in [3.8, 4) is 11.7 Å². The summed E-state index contributed by atoms with van der Waals surface area (Å²) in [5.74, 6) is 1.93. The molecule has 20 heavy (non-hydrogen) atoms. The van der Waals surface area contributed by atoms with Gasteiger partial charge in [0.05, 0.1) is 18.1 Å². The maximum absolute atomic E-state index is 5.51. The summed E-state index contributed by atoms with van der Waals surface area (Å²) in [6, 6.07) is 3.74. The summed E-state index contributed by atoms with van der Waals surface area (Å²) >= 11 is 1.45. The fraction of sp³-hybridized carbons (Fsp3) is 0.364. The number of furan rings is 1. The minimum Gasteiger partial charge on any atom is -0.459 e. The van der Waals surface area contributed by atoms with Crippen molar-refractivity contribution in [2.75, 3.05) is 0 Å². The Morgan fingerprint density at radius 1 is 1.30 bits per heavy atom. The summed E-state index contributed by atoms with van der Waals surface area (Å²) in [4.78, 5) is 0. The first-order chi connectivity index (χ1) is 9.74. The van der Waals surface area contributed by atoms with E-state index < -0.39 is 0 Å². The molecule has 0 unspecified atom stereocenters. The van der Waals surface area contributed by atoms with Crippen molar-refractivity contribution in [2.45, 2.75) is 30.8 Å². The van der Waals surface area contributed by atoms with Crippen LogP contribution in [-0.2, 0) is 5.75 Å². The van der Waals surface area contributed by atoms with E-state index in [0.29, 0.717) is 23.3 Å². The lowest BCUT2D eigenvalue weighted by Gasteiger charge is -2.05. The first-order valence-electron chi connectivity index (χ1n) is 6.01. The summed E-state index contributed by atoms with van der Waals surface area (Å²) in [5, 5.41) is 20.2. The number of hydrogen-bond acceptors (Lipinski definition) is 8. The van der Waals surface area contributed by atoms with Crippen LogP contribution in [-0.4, -0.2) is 30.4 Å². The van der Waals surface area contributed by atoms with Gasteiger partial charge in [0, 0.05) is 0 Å². The van der Waals surface area contributed by atoms with Crippen LogP contribution in [0.25, 0.3) is 11.7 Å². The molecule has 0 radical (unpaired) electrons. The van der Waals surface area contributed by atoms with Crippen molar-refractivity contribution in [3.05, 3.63) is 24.3 Å². The van der Waals surface area contributed by atoms with Gasteiger partial charge in [0.25, 0.3) is 5.89 Å². The molecule has 0 spiro atoms. The average Bonchev–Trinajstić information content (AvgIpc) is 3.16. The zero-order chi connectivity index (χ0) is 13.9. The van der Waals surface area contributed by atoms with Crippen LogP contribution in [0.3, 0.4) is 0 Å². The van der Waals surface area contributed by atoms with E-state index in [2.05, 4.69) is 25.7 Å². The van der Waals surface area contributed by atoms with E-state index in [1.165, 1.54) is 11.8 Å². The third-order valence-electron chi connectivity index (χ3n) is 2.48. The van der Waals surface area contributed by atoms with Crippen LogP contribution in [0.2, 0.25) is 0 Å². The molecule has 0 amide bonds. The lowest BCUT2D eigenvalue weighted by molar-refractivity contribution is 0.475. The van der Waals surface area contributed by atoms with Gasteiger partial charge in [0.15, 0.2) is 5.76 Å². The number of aromatic nitrogens is 6. The van der Waals surface area contributed by atoms with Crippen LogP contribution in [0, 0.1) is 0 Å². The van der Waals surface area contributed by atoms with Gasteiger partial charge >= 0.3 is 0 Å². The zero-order valence-corrected chi connectivity index (χ0v) is 11.7. The Morgan fingerprint density at radius 2 is 2.20 bits per heavy atom. The van der Waals surface area contributed by atoms with Crippen molar-refractivity contribution < 1.29 is 8.83 Å². The number of thioether (sulfide) groups is 1. The van der Waals surface area contributed by atoms with Crippen LogP contribution in [0.4, 0.5) is 0 Å². The first kappa shape index (κ1) is 12.9. The molecule has 0 bridgehead atoms. The molecule has 8 nitrogen and oxygen atoms in total. The Hall–Kier alpha value is -2.16. The van der Waals surface area contributed by atoms with Crippen molar-refractivity contribution in [1.29, 1.82) is 0 Å². The zero-order valence-electron chi connectivity index (χ0n) is 10.9. The Balaban J connectivity index is 1.68. The van der Waals surface area contributed by atoms with Crippen LogP contribution in [0.5, 0.6) is 0 Å². The van der Waals surface area contributed by atoms with E-state index in [-0.39, 0.29) is 6.04 Å². The number of hydrogen-bond donors (Lipinski definition) is 0. The Morgan fingerprint density at radius 3 is 2.95 bits per heavy atom. The van der Waals surface area contributed by atoms with E-state index >= 15 is 0 Å². The second kappa shape index (κ2) is 5.45. The summed E-state index contributed by atoms with van der Waals surface area (Å²) in [6.07, 6.45) is 1.56. The molecule has 0 saturated carbocycles. The topological polar surface area (TPSA) is 95.7 Å². The molecule has 104 valence electrons. The molecule has 0 aliphatic rings. The van der Waals surface area contributed by atoms with Gasteiger partial charge in [-0.3, -0.25) is 0 Å². The van der Waals surface area contributed by atoms with Crippen molar-refractivity contribution in [1.82, 2.24) is 30.4 Å². The monoisotopic (exact) mass is 292 g/mol. The second-order valence-electron chi connectivity index (χ2n) is 4.27. The third-order valence-corrected chi connectivity index (χ3v) is 3.39. The number of tetrazole rings is 1. The molecule has 3 aromatic rings. The molecule has 3 heterocycles. The predicted octanol–water partition coefficient (Wildman–Crippen LogP) is 2.19. The molecule has 0 aromatic carbocycles. The van der Waals surface area contributed by atoms with Crippen molar-refractivity contribution in [2.24, 2.45) is 0 Å². The fourth-order valence-corrected chi connectivity index (χ4v) is 2.39. The predicted molar refractivity (Wildman–Crippen MR) is 69.8 cm³/mol. The highest BCUT2D eigenvalue weighted by Crippen LogP contribution is 2.24. The average molecular weight is 292 g/mol. The number of rotatable bonds is 5. The normalized spacial score (nSPS) is 11.3. The maximum atomic E-state index is 5.51. The molecule has 0 N–H and O–H groups in total. The molecule has 0 saturated heterocycles. The standard InChI is InChI=1S/C11H12N6O2S/c1-7(2)17-11(14-15-16-17)20-6-9-12-13-10(19-9)8-4-3-5-18-8/h3-5,7H,6H2,1-2H3. The van der Waals surface area contributed by atoms with Crippen LogP contribution in [0.15, 0.2) is 32.4 Å². The SMILES string of the molecule is CC(C)n1nnnc1SCc1nnc(-c2ccco2)o1. The minimum atomic E-state index is 0.203. The highest BCUT2D eigenvalue weighted by atomic mass is 32.2. The van der Waals surface area contributed by atoms with Crippen molar-refractivity contribution >= 4 is 11.8 Å². The first-order valence-corrected chi connectivity index (χ1v) is 6.99. The van der Waals surface area contributed by atoms with Crippen molar-refractivity contribution in [3.63, 3.8) is 0 Å². The Bertz CT molecular complexity index is 675. The molecule has 0 aliphatic carbocycles. The number of nitrogens with zero attached hydrogens (tertiary/aromatic N) is 6. The molecular weight excluding hydrogens is 280 g/mol. The fourth-order valence-electron chi connectivity index (χ4n) is 1.54. The summed E-state index contributed by atoms with van der Waals surface area (Å²) < 4.78 is 12.5. The second-order valence-corrected chi connectivity index (χ2v) is 5.21. The molecule has 3 rings (SSSR count). The summed E-state index contributed by atoms with van der Waals surface area (Å²) in [5.41, 5.74) is 0. The highest BCUT2D eigenvalue weighted by molar-refractivity contribution is 7.98. The molecule has 0 aliphatic heterocycles. The van der Waals surface area contributed by atoms with Gasteiger partial charge < -0.3 is 8.83 Å². The molecular formula is C11H12N6O2S. The quantitative estimate of drug-likeness (QED) is 0.660. The van der Waals surface area contributed by atoms with Gasteiger partial charge in [-0.1, -0.05) is 11.8 Å². The van der Waals surface area contributed by atoms with E-state index in [1.54, 1.807) is 23.1 Å². The van der Waals surface area contributed by atoms with E-state index in [1.807, 2.05) is 13.8 Å². The lowest BCUT2D eigenvalue weighted by Crippen LogP contribution is -2.04. The molecule has 0 atom stereocenters. The Labute approximate surface area is 118 Å². The van der Waals surface area contributed by atoms with Crippen LogP contribution < -0.4 is 0 Å². The molecule has 3 aromatic heterocycles. The molecule has 9 heteroatoms. The summed E-state index contributed by atoms with van der Waals surface area (Å²) in [7, 11) is 0. The summed E-state index contributed by atoms with van der Waals surface area (Å²) in [6.45, 7) is 4.03. The van der Waals surface area contributed by atoms with Gasteiger partial charge in [-0.05, 0) is 36.4 Å². The van der Waals surface area contributed by atoms with Crippen LogP contribution in [0.1, 0.15) is 25.8 Å². The smallest absolute Gasteiger partial charge is 0.283 e. The van der Waals surface area contributed by atoms with E-state index in [9.17, 15) is 0 Å². The Kier molecular flexibility index (Phi) is 3.50. The minimum absolute atomic E-state index is 0.203. The van der Waals surface area contributed by atoms with E-state index in [0.717, 1.165) is 5.16 Å². The van der Waals surface area contributed by atoms with Gasteiger partial charge in [-0.25, -0.2) is 4.68 Å². The van der Waals surface area contributed by atoms with Gasteiger partial charge in [-0.2, -0.15) is 0 Å². The highest BCUT2D eigenvalue weighted by Gasteiger charge is 2.14. The van der Waals surface area contributed by atoms with E-state index in [4.69, 9.17) is 8.83 Å². The van der Waals surface area contributed by atoms with Gasteiger partial charge in [0.2, 0.25) is 11.0 Å². The van der Waals surface area contributed by atoms with Gasteiger partial charge in [0.1, 0.15) is 0 Å². The maximum Gasteiger partial charge on any atom is 0.283 e. The molecule has 0 fully saturated rings.